The van der Waals surface area contributed by atoms with E-state index in [1.165, 1.54) is 0 Å². The molecule has 1 aliphatic carbocycles. The van der Waals surface area contributed by atoms with Crippen molar-refractivity contribution in [3.63, 3.8) is 0 Å². The van der Waals surface area contributed by atoms with E-state index in [9.17, 15) is 4.79 Å². The highest BCUT2D eigenvalue weighted by molar-refractivity contribution is 6.58. The first-order valence-corrected chi connectivity index (χ1v) is 5.32. The normalized spacial score (nSPS) is 12.2. The summed E-state index contributed by atoms with van der Waals surface area (Å²) in [7, 11) is -1.54. The zero-order valence-electron chi connectivity index (χ0n) is 8.92. The lowest BCUT2D eigenvalue weighted by Gasteiger charge is -2.02. The smallest absolute Gasteiger partial charge is 0.423 e. The van der Waals surface area contributed by atoms with Crippen LogP contribution >= 0.6 is 0 Å². The Morgan fingerprint density at radius 1 is 0.824 bits per heavy atom. The third kappa shape index (κ3) is 1.42. The van der Waals surface area contributed by atoms with Crippen molar-refractivity contribution in [3.8, 4) is 11.1 Å². The molecule has 2 N–H and O–H groups in total. The SMILES string of the molecule is O=C1c2ccccc2-c2ccc(B(O)O)cc21. The van der Waals surface area contributed by atoms with Crippen molar-refractivity contribution in [2.45, 2.75) is 0 Å². The summed E-state index contributed by atoms with van der Waals surface area (Å²) in [4.78, 5) is 12.1. The summed E-state index contributed by atoms with van der Waals surface area (Å²) in [5.41, 5.74) is 3.32. The Bertz CT molecular complexity index is 620. The van der Waals surface area contributed by atoms with Crippen LogP contribution in [0.3, 0.4) is 0 Å². The third-order valence-corrected chi connectivity index (χ3v) is 3.05. The second-order valence-corrected chi connectivity index (χ2v) is 4.05. The molecule has 1 aliphatic rings. The van der Waals surface area contributed by atoms with Gasteiger partial charge in [0.15, 0.2) is 5.78 Å². The van der Waals surface area contributed by atoms with Gasteiger partial charge < -0.3 is 10.0 Å². The van der Waals surface area contributed by atoms with Crippen molar-refractivity contribution < 1.29 is 14.8 Å². The summed E-state index contributed by atoms with van der Waals surface area (Å²) in [6, 6.07) is 12.3. The second-order valence-electron chi connectivity index (χ2n) is 4.05. The molecule has 0 unspecified atom stereocenters. The van der Waals surface area contributed by atoms with Gasteiger partial charge in [0.1, 0.15) is 0 Å². The molecule has 0 atom stereocenters. The highest BCUT2D eigenvalue weighted by Gasteiger charge is 2.27. The van der Waals surface area contributed by atoms with Gasteiger partial charge in [0.05, 0.1) is 0 Å². The highest BCUT2D eigenvalue weighted by atomic mass is 16.4. The quantitative estimate of drug-likeness (QED) is 0.594. The van der Waals surface area contributed by atoms with Crippen molar-refractivity contribution >= 4 is 18.4 Å². The van der Waals surface area contributed by atoms with Gasteiger partial charge >= 0.3 is 7.12 Å². The molecule has 0 fully saturated rings. The molecule has 3 rings (SSSR count). The van der Waals surface area contributed by atoms with Crippen LogP contribution in [0.4, 0.5) is 0 Å². The number of ketones is 1. The minimum absolute atomic E-state index is 0.0573. The van der Waals surface area contributed by atoms with E-state index in [1.807, 2.05) is 18.2 Å². The van der Waals surface area contributed by atoms with Gasteiger partial charge in [-0.2, -0.15) is 0 Å². The minimum atomic E-state index is -1.54. The highest BCUT2D eigenvalue weighted by Crippen LogP contribution is 2.35. The molecular formula is C13H9BO3. The molecule has 3 nitrogen and oxygen atoms in total. The van der Waals surface area contributed by atoms with E-state index in [0.717, 1.165) is 11.1 Å². The Morgan fingerprint density at radius 3 is 2.18 bits per heavy atom. The Kier molecular flexibility index (Phi) is 2.14. The van der Waals surface area contributed by atoms with Gasteiger partial charge in [-0.25, -0.2) is 0 Å². The van der Waals surface area contributed by atoms with E-state index in [-0.39, 0.29) is 5.78 Å². The number of carbonyl (C=O) groups is 1. The van der Waals surface area contributed by atoms with Gasteiger partial charge in [-0.05, 0) is 16.6 Å². The summed E-state index contributed by atoms with van der Waals surface area (Å²) >= 11 is 0. The maximum atomic E-state index is 12.1. The molecule has 0 amide bonds. The van der Waals surface area contributed by atoms with Crippen molar-refractivity contribution in [2.75, 3.05) is 0 Å². The molecule has 0 spiro atoms. The van der Waals surface area contributed by atoms with Crippen LogP contribution in [-0.4, -0.2) is 22.9 Å². The number of hydrogen-bond donors (Lipinski definition) is 2. The lowest BCUT2D eigenvalue weighted by molar-refractivity contribution is 0.104. The summed E-state index contributed by atoms with van der Waals surface area (Å²) in [5, 5.41) is 18.2. The van der Waals surface area contributed by atoms with E-state index >= 15 is 0 Å². The molecule has 0 aliphatic heterocycles. The van der Waals surface area contributed by atoms with Gasteiger partial charge in [-0.1, -0.05) is 42.5 Å². The van der Waals surface area contributed by atoms with Crippen LogP contribution in [0, 0.1) is 0 Å². The van der Waals surface area contributed by atoms with Gasteiger partial charge in [0.25, 0.3) is 0 Å². The average Bonchev–Trinajstić information content (AvgIpc) is 2.64. The maximum Gasteiger partial charge on any atom is 0.488 e. The van der Waals surface area contributed by atoms with E-state index in [1.54, 1.807) is 24.3 Å². The molecule has 0 bridgehead atoms. The second kappa shape index (κ2) is 3.55. The monoisotopic (exact) mass is 224 g/mol. The predicted octanol–water partition coefficient (Wildman–Crippen LogP) is 0.578. The summed E-state index contributed by atoms with van der Waals surface area (Å²) in [6.07, 6.45) is 0. The van der Waals surface area contributed by atoms with E-state index in [4.69, 9.17) is 10.0 Å². The molecule has 17 heavy (non-hydrogen) atoms. The van der Waals surface area contributed by atoms with E-state index < -0.39 is 7.12 Å². The molecule has 2 aromatic rings. The third-order valence-electron chi connectivity index (χ3n) is 3.05. The molecule has 0 heterocycles. The van der Waals surface area contributed by atoms with Crippen LogP contribution < -0.4 is 5.46 Å². The van der Waals surface area contributed by atoms with Gasteiger partial charge in [-0.3, -0.25) is 4.79 Å². The molecule has 0 aromatic heterocycles. The summed E-state index contributed by atoms with van der Waals surface area (Å²) in [5.74, 6) is -0.0573. The van der Waals surface area contributed by atoms with E-state index in [0.29, 0.717) is 16.6 Å². The lowest BCUT2D eigenvalue weighted by Crippen LogP contribution is -2.30. The topological polar surface area (TPSA) is 57.5 Å². The molecule has 2 aromatic carbocycles. The van der Waals surface area contributed by atoms with Gasteiger partial charge in [0.2, 0.25) is 0 Å². The van der Waals surface area contributed by atoms with Crippen LogP contribution in [0.15, 0.2) is 42.5 Å². The first-order valence-electron chi connectivity index (χ1n) is 5.32. The van der Waals surface area contributed by atoms with Crippen molar-refractivity contribution in [2.24, 2.45) is 0 Å². The van der Waals surface area contributed by atoms with Crippen LogP contribution in [0.25, 0.3) is 11.1 Å². The molecular weight excluding hydrogens is 215 g/mol. The number of hydrogen-bond acceptors (Lipinski definition) is 3. The first-order chi connectivity index (χ1) is 8.18. The van der Waals surface area contributed by atoms with Crippen LogP contribution in [-0.2, 0) is 0 Å². The van der Waals surface area contributed by atoms with Crippen molar-refractivity contribution in [3.05, 3.63) is 53.6 Å². The van der Waals surface area contributed by atoms with Crippen LogP contribution in [0.5, 0.6) is 0 Å². The predicted molar refractivity (Wildman–Crippen MR) is 65.1 cm³/mol. The minimum Gasteiger partial charge on any atom is -0.423 e. The summed E-state index contributed by atoms with van der Waals surface area (Å²) in [6.45, 7) is 0. The fraction of sp³-hybridized carbons (Fsp3) is 0. The molecule has 0 radical (unpaired) electrons. The number of benzene rings is 2. The zero-order valence-corrected chi connectivity index (χ0v) is 8.92. The van der Waals surface area contributed by atoms with Gasteiger partial charge in [-0.15, -0.1) is 0 Å². The Balaban J connectivity index is 2.24. The molecule has 4 heteroatoms. The molecule has 82 valence electrons. The number of carbonyl (C=O) groups excluding carboxylic acids is 1. The summed E-state index contributed by atoms with van der Waals surface area (Å²) < 4.78 is 0. The van der Waals surface area contributed by atoms with E-state index in [2.05, 4.69) is 0 Å². The van der Waals surface area contributed by atoms with Crippen molar-refractivity contribution in [1.82, 2.24) is 0 Å². The molecule has 0 saturated carbocycles. The Morgan fingerprint density at radius 2 is 1.47 bits per heavy atom. The standard InChI is InChI=1S/C13H9BO3/c15-13-11-4-2-1-3-9(11)10-6-5-8(14(16)17)7-12(10)13/h1-7,16-17H. The van der Waals surface area contributed by atoms with Crippen LogP contribution in [0.2, 0.25) is 0 Å². The average molecular weight is 224 g/mol. The fourth-order valence-corrected chi connectivity index (χ4v) is 2.21. The van der Waals surface area contributed by atoms with Gasteiger partial charge in [0, 0.05) is 11.1 Å². The fourth-order valence-electron chi connectivity index (χ4n) is 2.21. The molecule has 0 saturated heterocycles. The van der Waals surface area contributed by atoms with Crippen molar-refractivity contribution in [1.29, 1.82) is 0 Å². The van der Waals surface area contributed by atoms with Crippen LogP contribution in [0.1, 0.15) is 15.9 Å². The Hall–Kier alpha value is -1.91. The zero-order chi connectivity index (χ0) is 12.0. The maximum absolute atomic E-state index is 12.1. The first kappa shape index (κ1) is 10.3. The largest absolute Gasteiger partial charge is 0.488 e. The Labute approximate surface area is 98.5 Å². The number of rotatable bonds is 1. The lowest BCUT2D eigenvalue weighted by atomic mass is 9.79. The number of fused-ring (bicyclic) bond motifs is 3.